The maximum Gasteiger partial charge on any atom is 0.310 e. The zero-order valence-electron chi connectivity index (χ0n) is 19.1. The third-order valence-electron chi connectivity index (χ3n) is 8.16. The number of aromatic nitrogens is 1. The Morgan fingerprint density at radius 3 is 2.69 bits per heavy atom. The van der Waals surface area contributed by atoms with E-state index in [1.807, 2.05) is 6.08 Å². The molecule has 0 bridgehead atoms. The van der Waals surface area contributed by atoms with Gasteiger partial charge in [0.15, 0.2) is 0 Å². The second-order valence-corrected chi connectivity index (χ2v) is 11.1. The molecule has 184 valence electrons. The van der Waals surface area contributed by atoms with Gasteiger partial charge >= 0.3 is 5.97 Å². The Hall–Kier alpha value is -2.15. The first-order valence-electron chi connectivity index (χ1n) is 12.2. The first-order chi connectivity index (χ1) is 16.9. The number of carboxylic acid groups (broad SMARTS) is 1. The summed E-state index contributed by atoms with van der Waals surface area (Å²) in [6, 6.07) is 5.38. The molecule has 3 fully saturated rings. The van der Waals surface area contributed by atoms with E-state index in [-0.39, 0.29) is 17.3 Å². The average molecular weight is 518 g/mol. The molecular formula is C27H26Cl2FNO4. The van der Waals surface area contributed by atoms with Crippen LogP contribution in [0.2, 0.25) is 10.0 Å². The van der Waals surface area contributed by atoms with Gasteiger partial charge in [-0.05, 0) is 74.6 Å². The van der Waals surface area contributed by atoms with Crippen molar-refractivity contribution >= 4 is 29.2 Å². The minimum atomic E-state index is -0.978. The summed E-state index contributed by atoms with van der Waals surface area (Å²) < 4.78 is 26.9. The van der Waals surface area contributed by atoms with Crippen molar-refractivity contribution in [2.24, 2.45) is 17.3 Å². The molecule has 1 N–H and O–H groups in total. The summed E-state index contributed by atoms with van der Waals surface area (Å²) >= 11 is 12.9. The van der Waals surface area contributed by atoms with Crippen LogP contribution in [0.15, 0.2) is 46.3 Å². The Labute approximate surface area is 212 Å². The summed E-state index contributed by atoms with van der Waals surface area (Å²) in [5, 5.41) is 14.6. The SMILES string of the molecule is O=C(O)C1C=C(F)C([C@@]23CC[C@H](OCc4c(-c5c(Cl)cccc5Cl)noc4C4CC4)CC2C3)=CC1. The molecule has 0 saturated heterocycles. The number of aliphatic carboxylic acids is 1. The molecule has 2 unspecified atom stereocenters. The quantitative estimate of drug-likeness (QED) is 0.411. The Balaban J connectivity index is 1.16. The summed E-state index contributed by atoms with van der Waals surface area (Å²) in [5.74, 6) is -0.520. The first-order valence-corrected chi connectivity index (χ1v) is 13.0. The Morgan fingerprint density at radius 1 is 1.26 bits per heavy atom. The zero-order chi connectivity index (χ0) is 24.3. The molecule has 0 amide bonds. The van der Waals surface area contributed by atoms with Crippen molar-refractivity contribution in [2.75, 3.05) is 0 Å². The largest absolute Gasteiger partial charge is 0.481 e. The molecule has 35 heavy (non-hydrogen) atoms. The summed E-state index contributed by atoms with van der Waals surface area (Å²) in [7, 11) is 0. The van der Waals surface area contributed by atoms with Gasteiger partial charge < -0.3 is 14.4 Å². The van der Waals surface area contributed by atoms with Crippen molar-refractivity contribution in [1.82, 2.24) is 5.16 Å². The van der Waals surface area contributed by atoms with E-state index in [0.717, 1.165) is 49.8 Å². The molecule has 0 radical (unpaired) electrons. The van der Waals surface area contributed by atoms with Gasteiger partial charge in [0.05, 0.1) is 28.7 Å². The molecule has 6 rings (SSSR count). The molecule has 1 heterocycles. The number of hydrogen-bond acceptors (Lipinski definition) is 4. The van der Waals surface area contributed by atoms with E-state index in [1.165, 1.54) is 6.08 Å². The van der Waals surface area contributed by atoms with Crippen LogP contribution in [0.3, 0.4) is 0 Å². The number of benzene rings is 1. The molecular weight excluding hydrogens is 492 g/mol. The molecule has 4 aliphatic carbocycles. The number of fused-ring (bicyclic) bond motifs is 1. The lowest BCUT2D eigenvalue weighted by atomic mass is 9.78. The summed E-state index contributed by atoms with van der Waals surface area (Å²) in [5.41, 5.74) is 2.78. The van der Waals surface area contributed by atoms with Crippen LogP contribution < -0.4 is 0 Å². The van der Waals surface area contributed by atoms with Crippen LogP contribution in [0.1, 0.15) is 62.2 Å². The van der Waals surface area contributed by atoms with Gasteiger partial charge in [-0.1, -0.05) is 40.5 Å². The monoisotopic (exact) mass is 517 g/mol. The van der Waals surface area contributed by atoms with Crippen molar-refractivity contribution in [1.29, 1.82) is 0 Å². The Morgan fingerprint density at radius 2 is 2.03 bits per heavy atom. The van der Waals surface area contributed by atoms with Gasteiger partial charge in [0.1, 0.15) is 17.3 Å². The number of rotatable bonds is 7. The summed E-state index contributed by atoms with van der Waals surface area (Å²) in [6.07, 6.45) is 9.12. The molecule has 2 aromatic rings. The van der Waals surface area contributed by atoms with Crippen LogP contribution in [0.25, 0.3) is 11.3 Å². The van der Waals surface area contributed by atoms with E-state index in [4.69, 9.17) is 32.5 Å². The fourth-order valence-electron chi connectivity index (χ4n) is 6.00. The van der Waals surface area contributed by atoms with E-state index < -0.39 is 11.9 Å². The van der Waals surface area contributed by atoms with Crippen LogP contribution in [0.4, 0.5) is 4.39 Å². The number of allylic oxidation sites excluding steroid dienone is 3. The van der Waals surface area contributed by atoms with Crippen molar-refractivity contribution in [2.45, 2.75) is 63.6 Å². The van der Waals surface area contributed by atoms with Gasteiger partial charge in [-0.2, -0.15) is 0 Å². The van der Waals surface area contributed by atoms with Crippen molar-refractivity contribution in [3.63, 3.8) is 0 Å². The fourth-order valence-corrected chi connectivity index (χ4v) is 6.58. The molecule has 4 atom stereocenters. The lowest BCUT2D eigenvalue weighted by Gasteiger charge is -2.31. The van der Waals surface area contributed by atoms with E-state index in [2.05, 4.69) is 5.16 Å². The topological polar surface area (TPSA) is 72.6 Å². The maximum atomic E-state index is 14.8. The highest BCUT2D eigenvalue weighted by atomic mass is 35.5. The van der Waals surface area contributed by atoms with E-state index in [1.54, 1.807) is 18.2 Å². The van der Waals surface area contributed by atoms with Gasteiger partial charge in [-0.15, -0.1) is 0 Å². The van der Waals surface area contributed by atoms with Crippen molar-refractivity contribution < 1.29 is 23.6 Å². The second-order valence-electron chi connectivity index (χ2n) is 10.3. The van der Waals surface area contributed by atoms with Gasteiger partial charge in [0.25, 0.3) is 0 Å². The highest BCUT2D eigenvalue weighted by molar-refractivity contribution is 6.39. The predicted molar refractivity (Wildman–Crippen MR) is 130 cm³/mol. The van der Waals surface area contributed by atoms with E-state index >= 15 is 0 Å². The Kier molecular flexibility index (Phi) is 5.82. The van der Waals surface area contributed by atoms with E-state index in [0.29, 0.717) is 51.7 Å². The average Bonchev–Trinajstić information content (AvgIpc) is 3.75. The predicted octanol–water partition coefficient (Wildman–Crippen LogP) is 7.49. The van der Waals surface area contributed by atoms with Gasteiger partial charge in [0.2, 0.25) is 0 Å². The Bertz CT molecular complexity index is 1230. The van der Waals surface area contributed by atoms with Crippen molar-refractivity contribution in [3.05, 3.63) is 63.1 Å². The molecule has 1 aromatic heterocycles. The van der Waals surface area contributed by atoms with Crippen molar-refractivity contribution in [3.8, 4) is 11.3 Å². The highest BCUT2D eigenvalue weighted by Gasteiger charge is 2.60. The highest BCUT2D eigenvalue weighted by Crippen LogP contribution is 2.67. The van der Waals surface area contributed by atoms with Crippen LogP contribution in [-0.2, 0) is 16.1 Å². The number of carboxylic acids is 1. The van der Waals surface area contributed by atoms with E-state index in [9.17, 15) is 14.3 Å². The molecule has 8 heteroatoms. The van der Waals surface area contributed by atoms with Gasteiger partial charge in [-0.3, -0.25) is 4.79 Å². The third kappa shape index (κ3) is 4.13. The maximum absolute atomic E-state index is 14.8. The molecule has 0 spiro atoms. The second kappa shape index (κ2) is 8.75. The molecule has 3 saturated carbocycles. The minimum Gasteiger partial charge on any atom is -0.481 e. The smallest absolute Gasteiger partial charge is 0.310 e. The molecule has 0 aliphatic heterocycles. The zero-order valence-corrected chi connectivity index (χ0v) is 20.6. The molecule has 4 aliphatic rings. The number of halogens is 3. The lowest BCUT2D eigenvalue weighted by molar-refractivity contribution is -0.140. The third-order valence-corrected chi connectivity index (χ3v) is 8.79. The first kappa shape index (κ1) is 23.3. The number of ether oxygens (including phenoxy) is 1. The number of nitrogens with zero attached hydrogens (tertiary/aromatic N) is 1. The van der Waals surface area contributed by atoms with Crippen LogP contribution >= 0.6 is 23.2 Å². The van der Waals surface area contributed by atoms with Crippen LogP contribution in [-0.4, -0.2) is 22.3 Å². The minimum absolute atomic E-state index is 0.0649. The molecule has 5 nitrogen and oxygen atoms in total. The van der Waals surface area contributed by atoms with Crippen LogP contribution in [0, 0.1) is 17.3 Å². The summed E-state index contributed by atoms with van der Waals surface area (Å²) in [6.45, 7) is 0.369. The van der Waals surface area contributed by atoms with Crippen LogP contribution in [0.5, 0.6) is 0 Å². The standard InChI is InChI=1S/C27H26Cl2FNO4/c28-20-2-1-3-21(29)23(20)24-18(25(35-31-24)14-4-5-14)13-34-17-8-9-27(12-16(27)11-17)19-7-6-15(26(32)33)10-22(19)30/h1-3,7,10,14-17H,4-6,8-9,11-13H2,(H,32,33)/t15?,16?,17-,27+/m0/s1. The van der Waals surface area contributed by atoms with Gasteiger partial charge in [-0.25, -0.2) is 4.39 Å². The fraction of sp³-hybridized carbons (Fsp3) is 0.481. The molecule has 1 aromatic carbocycles. The summed E-state index contributed by atoms with van der Waals surface area (Å²) in [4.78, 5) is 11.2. The van der Waals surface area contributed by atoms with Gasteiger partial charge in [0, 0.05) is 22.5 Å². The number of carbonyl (C=O) groups is 1. The number of hydrogen-bond donors (Lipinski definition) is 1. The lowest BCUT2D eigenvalue weighted by Crippen LogP contribution is -2.26. The normalized spacial score (nSPS) is 29.9.